The molecule has 2 aromatic rings. The van der Waals surface area contributed by atoms with Crippen LogP contribution in [0.25, 0.3) is 10.9 Å². The monoisotopic (exact) mass is 255 g/mol. The molecule has 0 atom stereocenters. The van der Waals surface area contributed by atoms with E-state index in [1.807, 2.05) is 24.4 Å². The number of hydrogen-bond donors (Lipinski definition) is 2. The molecule has 2 N–H and O–H groups in total. The molecule has 0 saturated carbocycles. The third kappa shape index (κ3) is 1.30. The Morgan fingerprint density at radius 3 is 2.95 bits per heavy atom. The van der Waals surface area contributed by atoms with E-state index in [-0.39, 0.29) is 5.41 Å². The molecule has 0 aliphatic carbocycles. The number of likely N-dealkylation sites (tertiary alicyclic amines) is 1. The van der Waals surface area contributed by atoms with Crippen molar-refractivity contribution >= 4 is 22.7 Å². The van der Waals surface area contributed by atoms with Gasteiger partial charge in [0.1, 0.15) is 0 Å². The summed E-state index contributed by atoms with van der Waals surface area (Å²) in [5, 5.41) is 13.5. The molecule has 1 aromatic heterocycles. The highest BCUT2D eigenvalue weighted by molar-refractivity contribution is 5.90. The lowest BCUT2D eigenvalue weighted by Gasteiger charge is -2.46. The fraction of sp³-hybridized carbons (Fsp3) is 0.286. The summed E-state index contributed by atoms with van der Waals surface area (Å²) in [6.07, 6.45) is 1.02. The molecule has 1 spiro atoms. The van der Waals surface area contributed by atoms with Crippen molar-refractivity contribution < 1.29 is 9.90 Å². The number of benzene rings is 1. The van der Waals surface area contributed by atoms with Gasteiger partial charge in [-0.3, -0.25) is 4.98 Å². The average Bonchev–Trinajstić information content (AvgIpc) is 2.76. The lowest BCUT2D eigenvalue weighted by molar-refractivity contribution is 0.0692. The molecule has 1 amide bonds. The zero-order chi connectivity index (χ0) is 13.0. The number of anilines is 1. The van der Waals surface area contributed by atoms with Gasteiger partial charge >= 0.3 is 6.09 Å². The topological polar surface area (TPSA) is 65.5 Å². The third-order valence-corrected chi connectivity index (χ3v) is 4.18. The first kappa shape index (κ1) is 10.6. The number of para-hydroxylation sites is 1. The molecule has 2 aliphatic heterocycles. The van der Waals surface area contributed by atoms with Crippen molar-refractivity contribution in [2.24, 2.45) is 0 Å². The van der Waals surface area contributed by atoms with E-state index in [9.17, 15) is 4.79 Å². The van der Waals surface area contributed by atoms with Gasteiger partial charge in [-0.15, -0.1) is 0 Å². The van der Waals surface area contributed by atoms with Gasteiger partial charge < -0.3 is 15.3 Å². The predicted octanol–water partition coefficient (Wildman–Crippen LogP) is 1.89. The molecule has 96 valence electrons. The molecule has 0 radical (unpaired) electrons. The first-order valence-corrected chi connectivity index (χ1v) is 6.30. The van der Waals surface area contributed by atoms with E-state index in [0.29, 0.717) is 13.1 Å². The molecule has 0 unspecified atom stereocenters. The van der Waals surface area contributed by atoms with Gasteiger partial charge in [0.15, 0.2) is 0 Å². The highest BCUT2D eigenvalue weighted by Gasteiger charge is 2.51. The summed E-state index contributed by atoms with van der Waals surface area (Å²) in [4.78, 5) is 16.9. The van der Waals surface area contributed by atoms with E-state index in [1.165, 1.54) is 10.5 Å². The van der Waals surface area contributed by atoms with Crippen molar-refractivity contribution in [2.45, 2.75) is 5.41 Å². The van der Waals surface area contributed by atoms with Gasteiger partial charge in [0.25, 0.3) is 0 Å². The minimum Gasteiger partial charge on any atom is -0.465 e. The highest BCUT2D eigenvalue weighted by Crippen LogP contribution is 2.46. The van der Waals surface area contributed by atoms with Crippen molar-refractivity contribution in [3.63, 3.8) is 0 Å². The van der Waals surface area contributed by atoms with Gasteiger partial charge in [0.05, 0.1) is 22.8 Å². The van der Waals surface area contributed by atoms with Crippen LogP contribution in [0.3, 0.4) is 0 Å². The van der Waals surface area contributed by atoms with E-state index >= 15 is 0 Å². The molecule has 3 heterocycles. The molecule has 5 heteroatoms. The lowest BCUT2D eigenvalue weighted by atomic mass is 9.74. The Morgan fingerprint density at radius 1 is 1.37 bits per heavy atom. The molecule has 0 bridgehead atoms. The molecule has 1 saturated heterocycles. The van der Waals surface area contributed by atoms with Gasteiger partial charge in [-0.05, 0) is 11.6 Å². The van der Waals surface area contributed by atoms with Gasteiger partial charge in [0.2, 0.25) is 0 Å². The Bertz CT molecular complexity index is 692. The molecule has 4 rings (SSSR count). The zero-order valence-corrected chi connectivity index (χ0v) is 10.3. The summed E-state index contributed by atoms with van der Waals surface area (Å²) < 4.78 is 0. The summed E-state index contributed by atoms with van der Waals surface area (Å²) in [5.74, 6) is 0. The zero-order valence-electron chi connectivity index (χ0n) is 10.3. The second-order valence-corrected chi connectivity index (χ2v) is 5.34. The fourth-order valence-corrected chi connectivity index (χ4v) is 3.29. The molecule has 19 heavy (non-hydrogen) atoms. The number of carbonyl (C=O) groups is 1. The van der Waals surface area contributed by atoms with Crippen LogP contribution < -0.4 is 5.32 Å². The fourth-order valence-electron chi connectivity index (χ4n) is 3.29. The summed E-state index contributed by atoms with van der Waals surface area (Å²) >= 11 is 0. The number of carboxylic acid groups (broad SMARTS) is 1. The smallest absolute Gasteiger partial charge is 0.407 e. The normalized spacial score (nSPS) is 19.1. The van der Waals surface area contributed by atoms with Crippen LogP contribution in [0.5, 0.6) is 0 Å². The van der Waals surface area contributed by atoms with Crippen LogP contribution >= 0.6 is 0 Å². The lowest BCUT2D eigenvalue weighted by Crippen LogP contribution is -2.62. The summed E-state index contributed by atoms with van der Waals surface area (Å²) in [6, 6.07) is 8.04. The minimum atomic E-state index is -0.836. The molecule has 2 aliphatic rings. The second kappa shape index (κ2) is 3.38. The number of nitrogens with one attached hydrogen (secondary N) is 1. The van der Waals surface area contributed by atoms with Gasteiger partial charge in [-0.2, -0.15) is 0 Å². The second-order valence-electron chi connectivity index (χ2n) is 5.34. The summed E-state index contributed by atoms with van der Waals surface area (Å²) in [7, 11) is 0. The maximum Gasteiger partial charge on any atom is 0.407 e. The van der Waals surface area contributed by atoms with E-state index in [1.54, 1.807) is 0 Å². The van der Waals surface area contributed by atoms with Crippen molar-refractivity contribution in [2.75, 3.05) is 25.0 Å². The van der Waals surface area contributed by atoms with E-state index in [4.69, 9.17) is 5.11 Å². The highest BCUT2D eigenvalue weighted by atomic mass is 16.4. The van der Waals surface area contributed by atoms with Crippen LogP contribution in [0.15, 0.2) is 30.5 Å². The molecular formula is C14H13N3O2. The standard InChI is InChI=1S/C14H13N3O2/c18-13(19)17-7-14(8-17)6-16-11-5-15-10-4-2-1-3-9(10)12(11)14/h1-5,16H,6-8H2,(H,18,19). The largest absolute Gasteiger partial charge is 0.465 e. The Kier molecular flexibility index (Phi) is 1.88. The molecular weight excluding hydrogens is 242 g/mol. The van der Waals surface area contributed by atoms with Crippen molar-refractivity contribution in [3.8, 4) is 0 Å². The predicted molar refractivity (Wildman–Crippen MR) is 71.5 cm³/mol. The first-order chi connectivity index (χ1) is 9.20. The Hall–Kier alpha value is -2.30. The van der Waals surface area contributed by atoms with Crippen LogP contribution in [-0.4, -0.2) is 40.7 Å². The number of hydrogen-bond acceptors (Lipinski definition) is 3. The minimum absolute atomic E-state index is 0.0731. The van der Waals surface area contributed by atoms with Crippen molar-refractivity contribution in [1.29, 1.82) is 0 Å². The molecule has 5 nitrogen and oxygen atoms in total. The number of nitrogens with zero attached hydrogens (tertiary/aromatic N) is 2. The summed E-state index contributed by atoms with van der Waals surface area (Å²) in [6.45, 7) is 1.93. The maximum absolute atomic E-state index is 11.0. The Morgan fingerprint density at radius 2 is 2.16 bits per heavy atom. The van der Waals surface area contributed by atoms with Crippen LogP contribution in [0, 0.1) is 0 Å². The number of rotatable bonds is 0. The number of fused-ring (bicyclic) bond motifs is 4. The van der Waals surface area contributed by atoms with Crippen LogP contribution in [0.1, 0.15) is 5.56 Å². The number of pyridine rings is 1. The van der Waals surface area contributed by atoms with Gasteiger partial charge in [-0.1, -0.05) is 18.2 Å². The van der Waals surface area contributed by atoms with Crippen molar-refractivity contribution in [3.05, 3.63) is 36.0 Å². The third-order valence-electron chi connectivity index (χ3n) is 4.18. The quantitative estimate of drug-likeness (QED) is 0.754. The van der Waals surface area contributed by atoms with E-state index < -0.39 is 6.09 Å². The van der Waals surface area contributed by atoms with Crippen LogP contribution in [-0.2, 0) is 5.41 Å². The maximum atomic E-state index is 11.0. The summed E-state index contributed by atoms with van der Waals surface area (Å²) in [5.41, 5.74) is 3.17. The molecule has 1 fully saturated rings. The number of amides is 1. The van der Waals surface area contributed by atoms with Crippen molar-refractivity contribution in [1.82, 2.24) is 9.88 Å². The van der Waals surface area contributed by atoms with Crippen LogP contribution in [0.4, 0.5) is 10.5 Å². The van der Waals surface area contributed by atoms with Gasteiger partial charge in [0, 0.05) is 25.0 Å². The van der Waals surface area contributed by atoms with E-state index in [0.717, 1.165) is 23.1 Å². The van der Waals surface area contributed by atoms with Crippen LogP contribution in [0.2, 0.25) is 0 Å². The number of aromatic nitrogens is 1. The average molecular weight is 255 g/mol. The van der Waals surface area contributed by atoms with E-state index in [2.05, 4.69) is 16.4 Å². The van der Waals surface area contributed by atoms with Gasteiger partial charge in [-0.25, -0.2) is 4.79 Å². The SMILES string of the molecule is O=C(O)N1CC2(CNc3cnc4ccccc4c32)C1. The first-order valence-electron chi connectivity index (χ1n) is 6.30. The Balaban J connectivity index is 1.87. The Labute approximate surface area is 109 Å². The molecule has 1 aromatic carbocycles.